The Kier molecular flexibility index (Phi) is 2.15. The first-order valence-corrected chi connectivity index (χ1v) is 5.06. The fourth-order valence-electron chi connectivity index (χ4n) is 1.11. The van der Waals surface area contributed by atoms with Gasteiger partial charge in [0, 0.05) is 16.1 Å². The molecule has 0 fully saturated rings. The zero-order valence-corrected chi connectivity index (χ0v) is 9.26. The van der Waals surface area contributed by atoms with Crippen LogP contribution in [0.5, 0.6) is 0 Å². The summed E-state index contributed by atoms with van der Waals surface area (Å²) in [6, 6.07) is 8.11. The van der Waals surface area contributed by atoms with E-state index in [1.807, 2.05) is 18.2 Å². The summed E-state index contributed by atoms with van der Waals surface area (Å²) in [6.45, 7) is 0. The molecule has 0 spiro atoms. The summed E-state index contributed by atoms with van der Waals surface area (Å²) in [7, 11) is 0. The molecule has 0 aliphatic carbocycles. The number of hydrogen-bond donors (Lipinski definition) is 0. The fourth-order valence-corrected chi connectivity index (χ4v) is 1.97. The minimum absolute atomic E-state index is 0.896. The van der Waals surface area contributed by atoms with Gasteiger partial charge in [-0.25, -0.2) is 4.98 Å². The maximum Gasteiger partial charge on any atom is 0.113 e. The van der Waals surface area contributed by atoms with Gasteiger partial charge in [0.25, 0.3) is 0 Å². The van der Waals surface area contributed by atoms with Crippen molar-refractivity contribution in [3.63, 3.8) is 0 Å². The molecule has 0 saturated heterocycles. The minimum atomic E-state index is 0.896. The Hall–Kier alpha value is -0.410. The highest BCUT2D eigenvalue weighted by molar-refractivity contribution is 9.10. The highest BCUT2D eigenvalue weighted by Crippen LogP contribution is 2.24. The molecule has 0 atom stereocenters. The fraction of sp³-hybridized carbons (Fsp3) is 0. The Labute approximate surface area is 87.1 Å². The molecule has 0 unspecified atom stereocenters. The Balaban J connectivity index is 2.86. The van der Waals surface area contributed by atoms with Crippen molar-refractivity contribution < 1.29 is 0 Å². The first-order chi connectivity index (χ1) is 5.77. The summed E-state index contributed by atoms with van der Waals surface area (Å²) >= 11 is 6.82. The van der Waals surface area contributed by atoms with E-state index in [1.165, 1.54) is 5.39 Å². The topological polar surface area (TPSA) is 12.9 Å². The van der Waals surface area contributed by atoms with E-state index in [1.54, 1.807) is 6.20 Å². The molecule has 1 aromatic heterocycles. The molecule has 0 N–H and O–H groups in total. The predicted octanol–water partition coefficient (Wildman–Crippen LogP) is 3.76. The number of benzene rings is 1. The molecular formula is C9H5Br2N. The third-order valence-electron chi connectivity index (χ3n) is 1.68. The van der Waals surface area contributed by atoms with Crippen LogP contribution in [0.4, 0.5) is 0 Å². The Morgan fingerprint density at radius 1 is 1.08 bits per heavy atom. The quantitative estimate of drug-likeness (QED) is 0.672. The van der Waals surface area contributed by atoms with E-state index >= 15 is 0 Å². The minimum Gasteiger partial charge on any atom is -0.249 e. The highest BCUT2D eigenvalue weighted by atomic mass is 79.9. The van der Waals surface area contributed by atoms with Crippen LogP contribution in [0.2, 0.25) is 0 Å². The molecular weight excluding hydrogens is 282 g/mol. The molecule has 0 aliphatic rings. The summed E-state index contributed by atoms with van der Waals surface area (Å²) in [5.74, 6) is 0. The lowest BCUT2D eigenvalue weighted by molar-refractivity contribution is 1.31. The number of hydrogen-bond acceptors (Lipinski definition) is 1. The van der Waals surface area contributed by atoms with E-state index in [0.717, 1.165) is 14.5 Å². The van der Waals surface area contributed by atoms with Gasteiger partial charge in [-0.1, -0.05) is 22.0 Å². The Morgan fingerprint density at radius 2 is 1.92 bits per heavy atom. The standard InChI is InChI=1S/C9H5Br2N/c10-7-1-2-8-6(5-7)3-4-12-9(8)11/h1-5H. The van der Waals surface area contributed by atoms with Crippen LogP contribution in [-0.4, -0.2) is 4.98 Å². The number of rotatable bonds is 0. The molecule has 3 heteroatoms. The van der Waals surface area contributed by atoms with Gasteiger partial charge < -0.3 is 0 Å². The monoisotopic (exact) mass is 285 g/mol. The third-order valence-corrected chi connectivity index (χ3v) is 2.80. The molecule has 2 rings (SSSR count). The maximum atomic E-state index is 4.14. The van der Waals surface area contributed by atoms with Crippen molar-refractivity contribution in [3.05, 3.63) is 39.5 Å². The van der Waals surface area contributed by atoms with Crippen molar-refractivity contribution in [2.75, 3.05) is 0 Å². The van der Waals surface area contributed by atoms with E-state index < -0.39 is 0 Å². The molecule has 0 amide bonds. The highest BCUT2D eigenvalue weighted by Gasteiger charge is 1.98. The van der Waals surface area contributed by atoms with Gasteiger partial charge in [0.2, 0.25) is 0 Å². The summed E-state index contributed by atoms with van der Waals surface area (Å²) < 4.78 is 1.99. The van der Waals surface area contributed by atoms with Crippen LogP contribution in [0, 0.1) is 0 Å². The van der Waals surface area contributed by atoms with E-state index in [9.17, 15) is 0 Å². The van der Waals surface area contributed by atoms with E-state index in [4.69, 9.17) is 0 Å². The second-order valence-electron chi connectivity index (χ2n) is 2.47. The number of aromatic nitrogens is 1. The zero-order chi connectivity index (χ0) is 8.55. The zero-order valence-electron chi connectivity index (χ0n) is 6.09. The molecule has 0 aliphatic heterocycles. The van der Waals surface area contributed by atoms with Gasteiger partial charge in [0.05, 0.1) is 0 Å². The number of fused-ring (bicyclic) bond motifs is 1. The van der Waals surface area contributed by atoms with Crippen LogP contribution in [0.3, 0.4) is 0 Å². The summed E-state index contributed by atoms with van der Waals surface area (Å²) in [5, 5.41) is 2.33. The van der Waals surface area contributed by atoms with Gasteiger partial charge in [-0.2, -0.15) is 0 Å². The first kappa shape index (κ1) is 8.20. The maximum absolute atomic E-state index is 4.14. The normalized spacial score (nSPS) is 10.5. The second kappa shape index (κ2) is 3.15. The number of nitrogens with zero attached hydrogens (tertiary/aromatic N) is 1. The van der Waals surface area contributed by atoms with E-state index in [2.05, 4.69) is 42.9 Å². The van der Waals surface area contributed by atoms with Crippen molar-refractivity contribution in [2.45, 2.75) is 0 Å². The molecule has 60 valence electrons. The van der Waals surface area contributed by atoms with Crippen molar-refractivity contribution in [3.8, 4) is 0 Å². The lowest BCUT2D eigenvalue weighted by atomic mass is 10.2. The predicted molar refractivity (Wildman–Crippen MR) is 57.1 cm³/mol. The van der Waals surface area contributed by atoms with Gasteiger partial charge >= 0.3 is 0 Å². The third kappa shape index (κ3) is 1.39. The van der Waals surface area contributed by atoms with Gasteiger partial charge in [-0.05, 0) is 39.5 Å². The van der Waals surface area contributed by atoms with E-state index in [-0.39, 0.29) is 0 Å². The number of pyridine rings is 1. The molecule has 1 aromatic carbocycles. The average Bonchev–Trinajstić information content (AvgIpc) is 2.04. The number of halogens is 2. The summed E-state index contributed by atoms with van der Waals surface area (Å²) in [6.07, 6.45) is 1.79. The van der Waals surface area contributed by atoms with Gasteiger partial charge in [0.15, 0.2) is 0 Å². The lowest BCUT2D eigenvalue weighted by Gasteiger charge is -1.98. The second-order valence-corrected chi connectivity index (χ2v) is 4.13. The smallest absolute Gasteiger partial charge is 0.113 e. The molecule has 0 bridgehead atoms. The van der Waals surface area contributed by atoms with Crippen LogP contribution in [0.25, 0.3) is 10.8 Å². The lowest BCUT2D eigenvalue weighted by Crippen LogP contribution is -1.78. The average molecular weight is 287 g/mol. The van der Waals surface area contributed by atoms with Crippen molar-refractivity contribution in [2.24, 2.45) is 0 Å². The largest absolute Gasteiger partial charge is 0.249 e. The van der Waals surface area contributed by atoms with Gasteiger partial charge in [0.1, 0.15) is 4.60 Å². The first-order valence-electron chi connectivity index (χ1n) is 3.47. The SMILES string of the molecule is Brc1ccc2c(Br)nccc2c1. The Morgan fingerprint density at radius 3 is 2.75 bits per heavy atom. The van der Waals surface area contributed by atoms with E-state index in [0.29, 0.717) is 0 Å². The Bertz CT molecular complexity index is 426. The van der Waals surface area contributed by atoms with Crippen molar-refractivity contribution in [1.82, 2.24) is 4.98 Å². The summed E-state index contributed by atoms with van der Waals surface area (Å²) in [5.41, 5.74) is 0. The molecule has 1 heterocycles. The van der Waals surface area contributed by atoms with Crippen LogP contribution >= 0.6 is 31.9 Å². The molecule has 1 nitrogen and oxygen atoms in total. The van der Waals surface area contributed by atoms with Gasteiger partial charge in [-0.15, -0.1) is 0 Å². The van der Waals surface area contributed by atoms with Crippen LogP contribution in [0.1, 0.15) is 0 Å². The van der Waals surface area contributed by atoms with Gasteiger partial charge in [-0.3, -0.25) is 0 Å². The molecule has 0 radical (unpaired) electrons. The van der Waals surface area contributed by atoms with Crippen LogP contribution in [0.15, 0.2) is 39.5 Å². The van der Waals surface area contributed by atoms with Crippen LogP contribution in [-0.2, 0) is 0 Å². The molecule has 0 saturated carbocycles. The van der Waals surface area contributed by atoms with Crippen LogP contribution < -0.4 is 0 Å². The molecule has 2 aromatic rings. The van der Waals surface area contributed by atoms with Crippen molar-refractivity contribution >= 4 is 42.6 Å². The summed E-state index contributed by atoms with van der Waals surface area (Å²) in [4.78, 5) is 4.14. The van der Waals surface area contributed by atoms with Crippen molar-refractivity contribution in [1.29, 1.82) is 0 Å². The molecule has 12 heavy (non-hydrogen) atoms.